The number of benzene rings is 1. The monoisotopic (exact) mass is 375 g/mol. The average molecular weight is 376 g/mol. The molecule has 0 bridgehead atoms. The molecule has 1 aliphatic heterocycles. The lowest BCUT2D eigenvalue weighted by Crippen LogP contribution is -2.46. The van der Waals surface area contributed by atoms with E-state index in [-0.39, 0.29) is 16.8 Å². The molecule has 1 aromatic rings. The summed E-state index contributed by atoms with van der Waals surface area (Å²) in [6, 6.07) is 2.99. The number of hydrogen-bond donors (Lipinski definition) is 2. The first-order chi connectivity index (χ1) is 9.70. The number of likely N-dealkylation sites (tertiary alicyclic amines) is 1. The quantitative estimate of drug-likeness (QED) is 0.802. The van der Waals surface area contributed by atoms with E-state index < -0.39 is 10.0 Å². The van der Waals surface area contributed by atoms with E-state index in [4.69, 9.17) is 10.9 Å². The highest BCUT2D eigenvalue weighted by atomic mass is 79.9. The molecule has 6 nitrogen and oxygen atoms in total. The van der Waals surface area contributed by atoms with Gasteiger partial charge in [-0.15, -0.1) is 0 Å². The Labute approximate surface area is 132 Å². The second-order valence-corrected chi connectivity index (χ2v) is 7.72. The van der Waals surface area contributed by atoms with Crippen LogP contribution in [-0.2, 0) is 10.0 Å². The molecular weight excluding hydrogens is 358 g/mol. The van der Waals surface area contributed by atoms with Gasteiger partial charge in [-0.1, -0.05) is 15.9 Å². The highest BCUT2D eigenvalue weighted by molar-refractivity contribution is 9.10. The van der Waals surface area contributed by atoms with Crippen LogP contribution in [0.4, 0.5) is 0 Å². The Balaban J connectivity index is 2.44. The van der Waals surface area contributed by atoms with E-state index >= 15 is 0 Å². The zero-order valence-corrected chi connectivity index (χ0v) is 14.1. The molecule has 0 saturated carbocycles. The molecule has 1 amide bonds. The number of piperidine rings is 1. The smallest absolute Gasteiger partial charge is 0.254 e. The van der Waals surface area contributed by atoms with Crippen molar-refractivity contribution in [1.82, 2.24) is 4.90 Å². The average Bonchev–Trinajstić information content (AvgIpc) is 2.39. The molecule has 8 heteroatoms. The molecule has 116 valence electrons. The van der Waals surface area contributed by atoms with Crippen molar-refractivity contribution < 1.29 is 13.2 Å². The van der Waals surface area contributed by atoms with Crippen LogP contribution in [0.25, 0.3) is 0 Å². The number of carbonyl (C=O) groups excluding carboxylic acids is 1. The van der Waals surface area contributed by atoms with Crippen LogP contribution in [-0.4, -0.2) is 38.4 Å². The Kier molecular flexibility index (Phi) is 4.72. The fourth-order valence-electron chi connectivity index (χ4n) is 2.54. The Morgan fingerprint density at radius 3 is 2.67 bits per heavy atom. The van der Waals surface area contributed by atoms with Crippen LogP contribution in [0.1, 0.15) is 28.8 Å². The van der Waals surface area contributed by atoms with Gasteiger partial charge in [0, 0.05) is 29.2 Å². The van der Waals surface area contributed by atoms with Crippen molar-refractivity contribution >= 4 is 31.9 Å². The van der Waals surface area contributed by atoms with Gasteiger partial charge >= 0.3 is 0 Å². The van der Waals surface area contributed by atoms with Crippen molar-refractivity contribution in [2.45, 2.75) is 30.7 Å². The lowest BCUT2D eigenvalue weighted by atomic mass is 10.0. The molecule has 4 N–H and O–H groups in total. The third-order valence-electron chi connectivity index (χ3n) is 3.61. The summed E-state index contributed by atoms with van der Waals surface area (Å²) in [6.45, 7) is 2.70. The lowest BCUT2D eigenvalue weighted by Gasteiger charge is -2.31. The normalized spacial score (nSPS) is 19.6. The van der Waals surface area contributed by atoms with E-state index in [1.54, 1.807) is 17.9 Å². The number of carbonyl (C=O) groups is 1. The number of rotatable bonds is 2. The molecule has 1 fully saturated rings. The highest BCUT2D eigenvalue weighted by Crippen LogP contribution is 2.25. The van der Waals surface area contributed by atoms with Crippen molar-refractivity contribution in [3.63, 3.8) is 0 Å². The summed E-state index contributed by atoms with van der Waals surface area (Å²) in [6.07, 6.45) is 1.74. The van der Waals surface area contributed by atoms with E-state index in [1.165, 1.54) is 6.07 Å². The zero-order valence-electron chi connectivity index (χ0n) is 11.7. The topological polar surface area (TPSA) is 106 Å². The van der Waals surface area contributed by atoms with E-state index in [2.05, 4.69) is 15.9 Å². The van der Waals surface area contributed by atoms with Gasteiger partial charge in [-0.05, 0) is 37.5 Å². The van der Waals surface area contributed by atoms with Crippen LogP contribution in [0.5, 0.6) is 0 Å². The molecule has 0 radical (unpaired) electrons. The summed E-state index contributed by atoms with van der Waals surface area (Å²) in [5.41, 5.74) is 6.59. The van der Waals surface area contributed by atoms with Crippen LogP contribution in [0, 0.1) is 6.92 Å². The molecule has 1 atom stereocenters. The van der Waals surface area contributed by atoms with Crippen LogP contribution in [0.2, 0.25) is 0 Å². The molecule has 21 heavy (non-hydrogen) atoms. The van der Waals surface area contributed by atoms with Crippen LogP contribution < -0.4 is 10.9 Å². The third kappa shape index (κ3) is 3.63. The maximum absolute atomic E-state index is 12.6. The molecule has 2 rings (SSSR count). The van der Waals surface area contributed by atoms with Crippen molar-refractivity contribution in [3.8, 4) is 0 Å². The van der Waals surface area contributed by atoms with Gasteiger partial charge in [0.15, 0.2) is 0 Å². The number of nitrogens with two attached hydrogens (primary N) is 2. The standard InChI is InChI=1S/C13H18BrN3O3S/c1-8-11(5-9(14)6-12(8)21(16,19)20)13(18)17-4-2-3-10(15)7-17/h5-6,10H,2-4,7,15H2,1H3,(H2,16,19,20)/t10-/m1/s1. The molecule has 1 aliphatic rings. The minimum atomic E-state index is -3.88. The van der Waals surface area contributed by atoms with E-state index in [9.17, 15) is 13.2 Å². The summed E-state index contributed by atoms with van der Waals surface area (Å²) >= 11 is 3.23. The first-order valence-electron chi connectivity index (χ1n) is 6.58. The molecule has 1 aromatic carbocycles. The van der Waals surface area contributed by atoms with Gasteiger partial charge in [-0.25, -0.2) is 13.6 Å². The highest BCUT2D eigenvalue weighted by Gasteiger charge is 2.26. The summed E-state index contributed by atoms with van der Waals surface area (Å²) in [4.78, 5) is 14.2. The predicted molar refractivity (Wildman–Crippen MR) is 83.4 cm³/mol. The predicted octanol–water partition coefficient (Wildman–Crippen LogP) is 0.968. The first-order valence-corrected chi connectivity index (χ1v) is 8.92. The molecule has 0 aromatic heterocycles. The minimum absolute atomic E-state index is 0.0344. The third-order valence-corrected chi connectivity index (χ3v) is 5.10. The number of primary sulfonamides is 1. The second-order valence-electron chi connectivity index (χ2n) is 5.27. The number of sulfonamides is 1. The van der Waals surface area contributed by atoms with Gasteiger partial charge in [0.2, 0.25) is 10.0 Å². The van der Waals surface area contributed by atoms with E-state index in [1.807, 2.05) is 0 Å². The Morgan fingerprint density at radius 2 is 2.10 bits per heavy atom. The van der Waals surface area contributed by atoms with Crippen LogP contribution in [0.3, 0.4) is 0 Å². The van der Waals surface area contributed by atoms with Crippen LogP contribution >= 0.6 is 15.9 Å². The Bertz CT molecular complexity index is 675. The molecule has 0 spiro atoms. The van der Waals surface area contributed by atoms with E-state index in [0.29, 0.717) is 28.7 Å². The summed E-state index contributed by atoms with van der Waals surface area (Å²) in [5.74, 6) is -0.214. The van der Waals surface area contributed by atoms with E-state index in [0.717, 1.165) is 12.8 Å². The number of nitrogens with zero attached hydrogens (tertiary/aromatic N) is 1. The molecule has 0 unspecified atom stereocenters. The van der Waals surface area contributed by atoms with Gasteiger partial charge in [0.25, 0.3) is 5.91 Å². The van der Waals surface area contributed by atoms with Crippen molar-refractivity contribution in [3.05, 3.63) is 27.7 Å². The maximum Gasteiger partial charge on any atom is 0.254 e. The van der Waals surface area contributed by atoms with Gasteiger partial charge in [0.05, 0.1) is 4.90 Å². The van der Waals surface area contributed by atoms with Gasteiger partial charge < -0.3 is 10.6 Å². The lowest BCUT2D eigenvalue weighted by molar-refractivity contribution is 0.0707. The van der Waals surface area contributed by atoms with Gasteiger partial charge in [-0.2, -0.15) is 0 Å². The fraction of sp³-hybridized carbons (Fsp3) is 0.462. The van der Waals surface area contributed by atoms with Crippen molar-refractivity contribution in [2.24, 2.45) is 10.9 Å². The van der Waals surface area contributed by atoms with Crippen LogP contribution in [0.15, 0.2) is 21.5 Å². The molecule has 0 aliphatic carbocycles. The molecular formula is C13H18BrN3O3S. The van der Waals surface area contributed by atoms with Crippen molar-refractivity contribution in [2.75, 3.05) is 13.1 Å². The maximum atomic E-state index is 12.6. The Hall–Kier alpha value is -0.960. The number of hydrogen-bond acceptors (Lipinski definition) is 4. The SMILES string of the molecule is Cc1c(C(=O)N2CCC[C@@H](N)C2)cc(Br)cc1S(N)(=O)=O. The largest absolute Gasteiger partial charge is 0.337 e. The Morgan fingerprint density at radius 1 is 1.43 bits per heavy atom. The molecule has 1 saturated heterocycles. The summed E-state index contributed by atoms with van der Waals surface area (Å²) < 4.78 is 23.7. The van der Waals surface area contributed by atoms with Gasteiger partial charge in [0.1, 0.15) is 0 Å². The second kappa shape index (κ2) is 6.04. The molecule has 1 heterocycles. The number of amides is 1. The fourth-order valence-corrected chi connectivity index (χ4v) is 3.97. The minimum Gasteiger partial charge on any atom is -0.337 e. The zero-order chi connectivity index (χ0) is 15.8. The first kappa shape index (κ1) is 16.4. The summed E-state index contributed by atoms with van der Waals surface area (Å²) in [7, 11) is -3.88. The van der Waals surface area contributed by atoms with Crippen molar-refractivity contribution in [1.29, 1.82) is 0 Å². The summed E-state index contributed by atoms with van der Waals surface area (Å²) in [5, 5.41) is 5.20. The van der Waals surface area contributed by atoms with Gasteiger partial charge in [-0.3, -0.25) is 4.79 Å². The number of halogens is 1.